The van der Waals surface area contributed by atoms with E-state index < -0.39 is 5.97 Å². The van der Waals surface area contributed by atoms with Crippen LogP contribution in [0.25, 0.3) is 11.3 Å². The highest BCUT2D eigenvalue weighted by Gasteiger charge is 2.11. The Hall–Kier alpha value is -2.11. The second-order valence-electron chi connectivity index (χ2n) is 3.17. The summed E-state index contributed by atoms with van der Waals surface area (Å²) < 4.78 is 6.22. The fourth-order valence-electron chi connectivity index (χ4n) is 1.35. The van der Waals surface area contributed by atoms with E-state index in [-0.39, 0.29) is 5.76 Å². The lowest BCUT2D eigenvalue weighted by Gasteiger charge is -1.90. The maximum Gasteiger partial charge on any atom is 0.182 e. The van der Waals surface area contributed by atoms with Gasteiger partial charge in [0.2, 0.25) is 0 Å². The van der Waals surface area contributed by atoms with Crippen molar-refractivity contribution in [3.05, 3.63) is 23.7 Å². The summed E-state index contributed by atoms with van der Waals surface area (Å²) in [6.45, 7) is 1.81. The van der Waals surface area contributed by atoms with E-state index in [4.69, 9.17) is 0 Å². The Morgan fingerprint density at radius 2 is 2.33 bits per heavy atom. The summed E-state index contributed by atoms with van der Waals surface area (Å²) in [4.78, 5) is 10.5. The molecule has 0 saturated carbocycles. The average Bonchev–Trinajstić information content (AvgIpc) is 2.71. The zero-order valence-corrected chi connectivity index (χ0v) is 8.22. The van der Waals surface area contributed by atoms with Gasteiger partial charge in [0.1, 0.15) is 11.7 Å². The highest BCUT2D eigenvalue weighted by molar-refractivity contribution is 5.84. The van der Waals surface area contributed by atoms with Gasteiger partial charge in [-0.05, 0) is 6.92 Å². The average molecular weight is 206 g/mol. The number of aryl methyl sites for hydroxylation is 2. The Kier molecular flexibility index (Phi) is 2.03. The van der Waals surface area contributed by atoms with Crippen LogP contribution in [0.5, 0.6) is 0 Å². The molecule has 6 heteroatoms. The molecule has 2 aromatic rings. The number of hydrogen-bond acceptors (Lipinski definition) is 5. The molecule has 0 fully saturated rings. The molecule has 6 nitrogen and oxygen atoms in total. The number of aromatic nitrogens is 3. The molecule has 0 radical (unpaired) electrons. The molecule has 15 heavy (non-hydrogen) atoms. The molecule has 0 N–H and O–H groups in total. The molecule has 0 aromatic carbocycles. The molecule has 2 rings (SSSR count). The van der Waals surface area contributed by atoms with E-state index in [1.165, 1.54) is 6.07 Å². The summed E-state index contributed by atoms with van der Waals surface area (Å²) in [6, 6.07) is 1.32. The van der Waals surface area contributed by atoms with Gasteiger partial charge in [0.15, 0.2) is 5.76 Å². The predicted octanol–water partition coefficient (Wildman–Crippen LogP) is -0.253. The quantitative estimate of drug-likeness (QED) is 0.676. The molecule has 0 spiro atoms. The maximum atomic E-state index is 10.5. The second-order valence-corrected chi connectivity index (χ2v) is 3.17. The van der Waals surface area contributed by atoms with Gasteiger partial charge in [-0.1, -0.05) is 5.16 Å². The number of nitrogens with zero attached hydrogens (tertiary/aromatic N) is 3. The maximum absolute atomic E-state index is 10.5. The van der Waals surface area contributed by atoms with Crippen LogP contribution in [0.3, 0.4) is 0 Å². The Morgan fingerprint density at radius 1 is 1.60 bits per heavy atom. The fourth-order valence-corrected chi connectivity index (χ4v) is 1.35. The molecule has 2 aromatic heterocycles. The summed E-state index contributed by atoms with van der Waals surface area (Å²) in [5, 5.41) is 18.2. The van der Waals surface area contributed by atoms with E-state index in [0.717, 1.165) is 11.3 Å². The van der Waals surface area contributed by atoms with Crippen LogP contribution in [0.15, 0.2) is 16.8 Å². The van der Waals surface area contributed by atoms with Gasteiger partial charge in [-0.2, -0.15) is 5.10 Å². The first kappa shape index (κ1) is 9.45. The van der Waals surface area contributed by atoms with Gasteiger partial charge in [-0.3, -0.25) is 4.68 Å². The Morgan fingerprint density at radius 3 is 2.80 bits per heavy atom. The number of carbonyl (C=O) groups is 1. The number of hydrogen-bond donors (Lipinski definition) is 0. The highest BCUT2D eigenvalue weighted by atomic mass is 16.5. The van der Waals surface area contributed by atoms with Gasteiger partial charge in [0.05, 0.1) is 5.69 Å². The SMILES string of the molecule is Cc1nn(C)cc1-c1cc(C(=O)[O-])on1. The number of carboxylic acid groups (broad SMARTS) is 1. The molecule has 78 valence electrons. The minimum absolute atomic E-state index is 0.284. The van der Waals surface area contributed by atoms with E-state index in [2.05, 4.69) is 14.8 Å². The van der Waals surface area contributed by atoms with Crippen molar-refractivity contribution >= 4 is 5.97 Å². The molecule has 2 heterocycles. The lowest BCUT2D eigenvalue weighted by Crippen LogP contribution is -2.21. The van der Waals surface area contributed by atoms with Crippen LogP contribution in [0.1, 0.15) is 16.2 Å². The van der Waals surface area contributed by atoms with E-state index in [1.54, 1.807) is 17.9 Å². The second kappa shape index (κ2) is 3.23. The van der Waals surface area contributed by atoms with Crippen molar-refractivity contribution in [2.75, 3.05) is 0 Å². The molecular weight excluding hydrogens is 198 g/mol. The van der Waals surface area contributed by atoms with Gasteiger partial charge in [0.25, 0.3) is 0 Å². The number of carboxylic acids is 1. The van der Waals surface area contributed by atoms with Crippen LogP contribution >= 0.6 is 0 Å². The van der Waals surface area contributed by atoms with E-state index in [9.17, 15) is 9.90 Å². The molecule has 0 aliphatic heterocycles. The molecule has 0 amide bonds. The first-order chi connectivity index (χ1) is 7.08. The van der Waals surface area contributed by atoms with Crippen molar-refractivity contribution < 1.29 is 14.4 Å². The lowest BCUT2D eigenvalue weighted by molar-refractivity contribution is -0.257. The van der Waals surface area contributed by atoms with Crippen LogP contribution in [0, 0.1) is 6.92 Å². The third kappa shape index (κ3) is 1.61. The molecule has 0 aliphatic carbocycles. The Balaban J connectivity index is 2.45. The summed E-state index contributed by atoms with van der Waals surface area (Å²) >= 11 is 0. The summed E-state index contributed by atoms with van der Waals surface area (Å²) in [5.74, 6) is -1.66. The number of aromatic carboxylic acids is 1. The smallest absolute Gasteiger partial charge is 0.182 e. The highest BCUT2D eigenvalue weighted by Crippen LogP contribution is 2.21. The largest absolute Gasteiger partial charge is 0.541 e. The number of rotatable bonds is 2. The molecule has 0 atom stereocenters. The van der Waals surface area contributed by atoms with Crippen molar-refractivity contribution in [1.29, 1.82) is 0 Å². The minimum Gasteiger partial charge on any atom is -0.541 e. The normalized spacial score (nSPS) is 10.5. The van der Waals surface area contributed by atoms with Crippen molar-refractivity contribution in [3.8, 4) is 11.3 Å². The first-order valence-electron chi connectivity index (χ1n) is 4.26. The van der Waals surface area contributed by atoms with Gasteiger partial charge in [-0.15, -0.1) is 0 Å². The summed E-state index contributed by atoms with van der Waals surface area (Å²) in [5.41, 5.74) is 1.95. The van der Waals surface area contributed by atoms with E-state index in [0.29, 0.717) is 5.69 Å². The van der Waals surface area contributed by atoms with Gasteiger partial charge in [0, 0.05) is 24.9 Å². The number of carbonyl (C=O) groups excluding carboxylic acids is 1. The van der Waals surface area contributed by atoms with Crippen molar-refractivity contribution in [3.63, 3.8) is 0 Å². The molecule has 0 saturated heterocycles. The zero-order chi connectivity index (χ0) is 11.0. The van der Waals surface area contributed by atoms with Crippen molar-refractivity contribution in [2.24, 2.45) is 7.05 Å². The summed E-state index contributed by atoms with van der Waals surface area (Å²) in [6.07, 6.45) is 1.74. The molecule has 0 unspecified atom stereocenters. The molecular formula is C9H8N3O3-. The zero-order valence-electron chi connectivity index (χ0n) is 8.22. The third-order valence-corrected chi connectivity index (χ3v) is 2.00. The fraction of sp³-hybridized carbons (Fsp3) is 0.222. The van der Waals surface area contributed by atoms with Crippen LogP contribution in [0.2, 0.25) is 0 Å². The monoisotopic (exact) mass is 206 g/mol. The Bertz CT molecular complexity index is 512. The standard InChI is InChI=1S/C9H9N3O3/c1-5-6(4-12(2)10-5)7-3-8(9(13)14)15-11-7/h3-4H,1-2H3,(H,13,14)/p-1. The lowest BCUT2D eigenvalue weighted by atomic mass is 10.2. The van der Waals surface area contributed by atoms with Crippen molar-refractivity contribution in [2.45, 2.75) is 6.92 Å². The van der Waals surface area contributed by atoms with Crippen LogP contribution in [0.4, 0.5) is 0 Å². The van der Waals surface area contributed by atoms with Crippen LogP contribution in [-0.2, 0) is 7.05 Å². The van der Waals surface area contributed by atoms with Crippen LogP contribution < -0.4 is 5.11 Å². The van der Waals surface area contributed by atoms with Gasteiger partial charge < -0.3 is 14.4 Å². The molecule has 0 aliphatic rings. The molecule has 0 bridgehead atoms. The summed E-state index contributed by atoms with van der Waals surface area (Å²) in [7, 11) is 1.77. The van der Waals surface area contributed by atoms with Gasteiger partial charge >= 0.3 is 0 Å². The Labute approximate surface area is 85.1 Å². The topological polar surface area (TPSA) is 84.0 Å². The first-order valence-corrected chi connectivity index (χ1v) is 4.26. The van der Waals surface area contributed by atoms with Gasteiger partial charge in [-0.25, -0.2) is 0 Å². The van der Waals surface area contributed by atoms with Crippen LogP contribution in [-0.4, -0.2) is 20.9 Å². The van der Waals surface area contributed by atoms with Crippen molar-refractivity contribution in [1.82, 2.24) is 14.9 Å². The predicted molar refractivity (Wildman–Crippen MR) is 47.8 cm³/mol. The third-order valence-electron chi connectivity index (χ3n) is 2.00. The minimum atomic E-state index is -1.38. The van der Waals surface area contributed by atoms with E-state index >= 15 is 0 Å². The van der Waals surface area contributed by atoms with E-state index in [1.807, 2.05) is 6.92 Å².